The Morgan fingerprint density at radius 1 is 0.971 bits per heavy atom. The van der Waals surface area contributed by atoms with Crippen molar-refractivity contribution < 1.29 is 37.0 Å². The highest BCUT2D eigenvalue weighted by Gasteiger charge is 2.49. The number of sulfone groups is 1. The Labute approximate surface area is 207 Å². The molecular formula is C24H36N2O8S. The van der Waals surface area contributed by atoms with Gasteiger partial charge in [0.2, 0.25) is 0 Å². The molecule has 2 atom stereocenters. The van der Waals surface area contributed by atoms with Crippen LogP contribution in [0.4, 0.5) is 9.59 Å². The zero-order valence-corrected chi connectivity index (χ0v) is 22.3. The zero-order valence-electron chi connectivity index (χ0n) is 21.4. The van der Waals surface area contributed by atoms with E-state index in [1.165, 1.54) is 17.0 Å². The SMILES string of the molecule is CCOC(=O)CN(C(=O)OC(C)(C)C)C1CN(C(=O)OC(C)(C)C)CC1S(=O)(=O)c1ccccc1. The Bertz CT molecular complexity index is 1010. The van der Waals surface area contributed by atoms with Gasteiger partial charge in [-0.05, 0) is 60.6 Å². The molecular weight excluding hydrogens is 476 g/mol. The third-order valence-electron chi connectivity index (χ3n) is 4.99. The van der Waals surface area contributed by atoms with Crippen molar-refractivity contribution in [3.8, 4) is 0 Å². The van der Waals surface area contributed by atoms with E-state index in [2.05, 4.69) is 0 Å². The van der Waals surface area contributed by atoms with Crippen molar-refractivity contribution in [3.05, 3.63) is 30.3 Å². The fraction of sp³-hybridized carbons (Fsp3) is 0.625. The first kappa shape index (κ1) is 28.4. The molecule has 2 amide bonds. The third-order valence-corrected chi connectivity index (χ3v) is 7.18. The average molecular weight is 513 g/mol. The van der Waals surface area contributed by atoms with Crippen LogP contribution in [0.25, 0.3) is 0 Å². The van der Waals surface area contributed by atoms with Gasteiger partial charge < -0.3 is 19.1 Å². The number of esters is 1. The molecule has 0 saturated carbocycles. The lowest BCUT2D eigenvalue weighted by molar-refractivity contribution is -0.144. The molecule has 196 valence electrons. The van der Waals surface area contributed by atoms with Gasteiger partial charge in [0.1, 0.15) is 23.0 Å². The van der Waals surface area contributed by atoms with Crippen LogP contribution in [0.2, 0.25) is 0 Å². The van der Waals surface area contributed by atoms with Crippen LogP contribution in [-0.2, 0) is 28.8 Å². The summed E-state index contributed by atoms with van der Waals surface area (Å²) in [6, 6.07) is 6.69. The molecule has 0 radical (unpaired) electrons. The Balaban J connectivity index is 2.52. The number of benzene rings is 1. The number of rotatable bonds is 6. The van der Waals surface area contributed by atoms with Crippen LogP contribution in [0.1, 0.15) is 48.5 Å². The molecule has 1 heterocycles. The van der Waals surface area contributed by atoms with E-state index >= 15 is 0 Å². The summed E-state index contributed by atoms with van der Waals surface area (Å²) >= 11 is 0. The summed E-state index contributed by atoms with van der Waals surface area (Å²) in [7, 11) is -4.02. The van der Waals surface area contributed by atoms with Crippen LogP contribution >= 0.6 is 0 Å². The average Bonchev–Trinajstić information content (AvgIpc) is 3.16. The molecule has 35 heavy (non-hydrogen) atoms. The maximum atomic E-state index is 13.6. The largest absolute Gasteiger partial charge is 0.465 e. The molecule has 1 aliphatic rings. The van der Waals surface area contributed by atoms with E-state index in [4.69, 9.17) is 14.2 Å². The molecule has 0 spiro atoms. The van der Waals surface area contributed by atoms with Crippen LogP contribution < -0.4 is 0 Å². The minimum atomic E-state index is -4.02. The van der Waals surface area contributed by atoms with E-state index in [0.29, 0.717) is 0 Å². The highest BCUT2D eigenvalue weighted by atomic mass is 32.2. The summed E-state index contributed by atoms with van der Waals surface area (Å²) in [6.45, 7) is 10.9. The number of carbonyl (C=O) groups excluding carboxylic acids is 3. The van der Waals surface area contributed by atoms with Gasteiger partial charge in [-0.25, -0.2) is 18.0 Å². The van der Waals surface area contributed by atoms with Crippen molar-refractivity contribution >= 4 is 28.0 Å². The number of carbonyl (C=O) groups is 3. The second-order valence-corrected chi connectivity index (χ2v) is 12.4. The number of nitrogens with zero attached hydrogens (tertiary/aromatic N) is 2. The first-order valence-electron chi connectivity index (χ1n) is 11.5. The second kappa shape index (κ2) is 10.8. The molecule has 0 bridgehead atoms. The third kappa shape index (κ3) is 7.84. The first-order valence-corrected chi connectivity index (χ1v) is 13.0. The van der Waals surface area contributed by atoms with Gasteiger partial charge in [0, 0.05) is 13.1 Å². The summed E-state index contributed by atoms with van der Waals surface area (Å²) in [6.07, 6.45) is -1.59. The van der Waals surface area contributed by atoms with Gasteiger partial charge in [0.05, 0.1) is 17.5 Å². The Morgan fingerprint density at radius 2 is 1.54 bits per heavy atom. The van der Waals surface area contributed by atoms with Crippen molar-refractivity contribution in [1.82, 2.24) is 9.80 Å². The molecule has 11 heteroatoms. The van der Waals surface area contributed by atoms with E-state index in [1.807, 2.05) is 0 Å². The highest BCUT2D eigenvalue weighted by molar-refractivity contribution is 7.92. The molecule has 1 saturated heterocycles. The topological polar surface area (TPSA) is 120 Å². The lowest BCUT2D eigenvalue weighted by atomic mass is 10.2. The van der Waals surface area contributed by atoms with Gasteiger partial charge in [-0.15, -0.1) is 0 Å². The van der Waals surface area contributed by atoms with E-state index in [1.54, 1.807) is 66.7 Å². The quantitative estimate of drug-likeness (QED) is 0.421. The monoisotopic (exact) mass is 512 g/mol. The first-order chi connectivity index (χ1) is 16.0. The van der Waals surface area contributed by atoms with E-state index in [9.17, 15) is 22.8 Å². The van der Waals surface area contributed by atoms with Crippen molar-refractivity contribution in [1.29, 1.82) is 0 Å². The molecule has 1 fully saturated rings. The maximum absolute atomic E-state index is 13.6. The van der Waals surface area contributed by atoms with Crippen molar-refractivity contribution in [2.24, 2.45) is 0 Å². The summed E-state index contributed by atoms with van der Waals surface area (Å²) in [5.74, 6) is -0.718. The van der Waals surface area contributed by atoms with Crippen molar-refractivity contribution in [2.45, 2.75) is 75.9 Å². The molecule has 0 aliphatic carbocycles. The van der Waals surface area contributed by atoms with Gasteiger partial charge in [-0.1, -0.05) is 18.2 Å². The number of hydrogen-bond donors (Lipinski definition) is 0. The summed E-state index contributed by atoms with van der Waals surface area (Å²) in [5, 5.41) is -1.22. The van der Waals surface area contributed by atoms with E-state index in [-0.39, 0.29) is 24.6 Å². The highest BCUT2D eigenvalue weighted by Crippen LogP contribution is 2.30. The summed E-state index contributed by atoms with van der Waals surface area (Å²) < 4.78 is 43.2. The minimum absolute atomic E-state index is 0.0429. The molecule has 1 aliphatic heterocycles. The Hall–Kier alpha value is -2.82. The van der Waals surface area contributed by atoms with Crippen LogP contribution in [0, 0.1) is 0 Å². The molecule has 10 nitrogen and oxygen atoms in total. The van der Waals surface area contributed by atoms with Crippen LogP contribution in [0.3, 0.4) is 0 Å². The predicted molar refractivity (Wildman–Crippen MR) is 129 cm³/mol. The number of amides is 2. The lowest BCUT2D eigenvalue weighted by Crippen LogP contribution is -2.52. The maximum Gasteiger partial charge on any atom is 0.411 e. The summed E-state index contributed by atoms with van der Waals surface area (Å²) in [4.78, 5) is 40.7. The molecule has 1 aromatic rings. The lowest BCUT2D eigenvalue weighted by Gasteiger charge is -2.33. The number of ether oxygens (including phenoxy) is 3. The van der Waals surface area contributed by atoms with Gasteiger partial charge >= 0.3 is 18.2 Å². The van der Waals surface area contributed by atoms with E-state index < -0.39 is 57.0 Å². The Morgan fingerprint density at radius 3 is 2.06 bits per heavy atom. The van der Waals surface area contributed by atoms with Gasteiger partial charge in [0.25, 0.3) is 0 Å². The molecule has 0 N–H and O–H groups in total. The van der Waals surface area contributed by atoms with Crippen LogP contribution in [0.15, 0.2) is 35.2 Å². The standard InChI is InChI=1S/C24H36N2O8S/c1-8-32-20(27)16-26(22(29)34-24(5,6)7)18-14-25(21(28)33-23(2,3)4)15-19(18)35(30,31)17-12-10-9-11-13-17/h9-13,18-19H,8,14-16H2,1-7H3. The smallest absolute Gasteiger partial charge is 0.411 e. The predicted octanol–water partition coefficient (Wildman–Crippen LogP) is 3.25. The second-order valence-electron chi connectivity index (χ2n) is 10.3. The van der Waals surface area contributed by atoms with Crippen LogP contribution in [-0.4, -0.2) is 85.1 Å². The minimum Gasteiger partial charge on any atom is -0.465 e. The van der Waals surface area contributed by atoms with Crippen LogP contribution in [0.5, 0.6) is 0 Å². The van der Waals surface area contributed by atoms with E-state index in [0.717, 1.165) is 4.90 Å². The molecule has 2 unspecified atom stereocenters. The fourth-order valence-electron chi connectivity index (χ4n) is 3.60. The fourth-order valence-corrected chi connectivity index (χ4v) is 5.51. The van der Waals surface area contributed by atoms with Crippen molar-refractivity contribution in [2.75, 3.05) is 26.2 Å². The molecule has 0 aromatic heterocycles. The molecule has 1 aromatic carbocycles. The molecule has 2 rings (SSSR count). The van der Waals surface area contributed by atoms with Gasteiger partial charge in [-0.2, -0.15) is 0 Å². The number of hydrogen-bond acceptors (Lipinski definition) is 8. The zero-order chi connectivity index (χ0) is 26.6. The Kier molecular flexibility index (Phi) is 8.80. The normalized spacial score (nSPS) is 18.7. The van der Waals surface area contributed by atoms with Gasteiger partial charge in [-0.3, -0.25) is 9.69 Å². The summed E-state index contributed by atoms with van der Waals surface area (Å²) in [5.41, 5.74) is -1.71. The van der Waals surface area contributed by atoms with Crippen molar-refractivity contribution in [3.63, 3.8) is 0 Å². The van der Waals surface area contributed by atoms with Gasteiger partial charge in [0.15, 0.2) is 9.84 Å². The number of likely N-dealkylation sites (tertiary alicyclic amines) is 1.